The molecule has 0 atom stereocenters. The van der Waals surface area contributed by atoms with Gasteiger partial charge in [-0.1, -0.05) is 0 Å². The molecule has 2 aromatic carbocycles. The van der Waals surface area contributed by atoms with Gasteiger partial charge < -0.3 is 0 Å². The topological polar surface area (TPSA) is 3.88 Å². The summed E-state index contributed by atoms with van der Waals surface area (Å²) in [7, 11) is 0. The molecule has 2 heterocycles. The van der Waals surface area contributed by atoms with Crippen molar-refractivity contribution >= 4 is 28.1 Å². The van der Waals surface area contributed by atoms with Crippen LogP contribution < -0.4 is 11.8 Å². The fraction of sp³-hybridized carbons (Fsp3) is 0.0556. The zero-order valence-corrected chi connectivity index (χ0v) is 13.3. The SMILES string of the molecule is c1cc[n+](C2c3ccccc3[Te]c3ccccc32)cc1. The molecule has 0 spiro atoms. The van der Waals surface area contributed by atoms with Gasteiger partial charge in [0.2, 0.25) is 0 Å². The van der Waals surface area contributed by atoms with E-state index in [0.717, 1.165) is 0 Å². The van der Waals surface area contributed by atoms with Crippen LogP contribution in [0.1, 0.15) is 17.2 Å². The molecular weight excluding hydrogens is 358 g/mol. The molecule has 0 radical (unpaired) electrons. The number of rotatable bonds is 1. The van der Waals surface area contributed by atoms with Crippen LogP contribution in [0, 0.1) is 0 Å². The van der Waals surface area contributed by atoms with Crippen molar-refractivity contribution in [3.05, 3.63) is 90.3 Å². The summed E-state index contributed by atoms with van der Waals surface area (Å²) in [5.74, 6) is 0. The number of pyridine rings is 1. The van der Waals surface area contributed by atoms with Gasteiger partial charge in [0, 0.05) is 0 Å². The van der Waals surface area contributed by atoms with E-state index < -0.39 is 0 Å². The molecule has 3 aromatic rings. The Kier molecular flexibility index (Phi) is 3.07. The Morgan fingerprint density at radius 2 is 1.20 bits per heavy atom. The van der Waals surface area contributed by atoms with Crippen LogP contribution in [0.4, 0.5) is 0 Å². The van der Waals surface area contributed by atoms with E-state index >= 15 is 0 Å². The van der Waals surface area contributed by atoms with E-state index in [4.69, 9.17) is 0 Å². The number of fused-ring (bicyclic) bond motifs is 2. The summed E-state index contributed by atoms with van der Waals surface area (Å²) in [5.41, 5.74) is 2.95. The number of benzene rings is 2. The molecule has 0 saturated heterocycles. The molecule has 0 unspecified atom stereocenters. The van der Waals surface area contributed by atoms with Crippen molar-refractivity contribution in [2.45, 2.75) is 6.04 Å². The number of hydrogen-bond donors (Lipinski definition) is 0. The van der Waals surface area contributed by atoms with Crippen LogP contribution in [0.15, 0.2) is 79.1 Å². The molecule has 1 aliphatic heterocycles. The third-order valence-corrected chi connectivity index (χ3v) is 7.06. The van der Waals surface area contributed by atoms with Gasteiger partial charge in [-0.25, -0.2) is 0 Å². The predicted octanol–water partition coefficient (Wildman–Crippen LogP) is 1.58. The predicted molar refractivity (Wildman–Crippen MR) is 81.8 cm³/mol. The van der Waals surface area contributed by atoms with E-state index in [-0.39, 0.29) is 20.9 Å². The maximum atomic E-state index is 2.32. The molecule has 96 valence electrons. The molecule has 4 rings (SSSR count). The third-order valence-electron chi connectivity index (χ3n) is 3.68. The standard InChI is InChI=1S/C18H14NTe/c1-6-12-19(13-7-1)18-14-8-2-4-10-16(14)20-17-11-5-3-9-15(17)18/h1-13,18H/q+1. The molecule has 1 nitrogen and oxygen atoms in total. The first-order valence-electron chi connectivity index (χ1n) is 6.75. The molecule has 0 fully saturated rings. The maximum absolute atomic E-state index is 2.32. The van der Waals surface area contributed by atoms with Gasteiger partial charge in [0.05, 0.1) is 0 Å². The Morgan fingerprint density at radius 1 is 0.650 bits per heavy atom. The average molecular weight is 372 g/mol. The van der Waals surface area contributed by atoms with Gasteiger partial charge in [-0.15, -0.1) is 0 Å². The minimum absolute atomic E-state index is 0.256. The molecule has 20 heavy (non-hydrogen) atoms. The van der Waals surface area contributed by atoms with Crippen LogP contribution in [-0.2, 0) is 0 Å². The number of hydrogen-bond acceptors (Lipinski definition) is 0. The van der Waals surface area contributed by atoms with Crippen LogP contribution in [-0.4, -0.2) is 20.9 Å². The third kappa shape index (κ3) is 1.97. The van der Waals surface area contributed by atoms with Crippen molar-refractivity contribution in [2.75, 3.05) is 0 Å². The van der Waals surface area contributed by atoms with Crippen molar-refractivity contribution in [2.24, 2.45) is 0 Å². The summed E-state index contributed by atoms with van der Waals surface area (Å²) in [6, 6.07) is 24.5. The van der Waals surface area contributed by atoms with E-state index in [2.05, 4.69) is 83.7 Å². The zero-order valence-electron chi connectivity index (χ0n) is 10.9. The number of nitrogens with zero attached hydrogens (tertiary/aromatic N) is 1. The van der Waals surface area contributed by atoms with Gasteiger partial charge >= 0.3 is 129 Å². The van der Waals surface area contributed by atoms with Crippen LogP contribution in [0.2, 0.25) is 0 Å². The summed E-state index contributed by atoms with van der Waals surface area (Å²) >= 11 is -0.256. The van der Waals surface area contributed by atoms with Crippen molar-refractivity contribution in [3.63, 3.8) is 0 Å². The fourth-order valence-corrected chi connectivity index (χ4v) is 6.00. The summed E-state index contributed by atoms with van der Waals surface area (Å²) < 4.78 is 5.46. The number of aromatic nitrogens is 1. The second-order valence-corrected chi connectivity index (χ2v) is 8.00. The Morgan fingerprint density at radius 3 is 1.80 bits per heavy atom. The van der Waals surface area contributed by atoms with Crippen LogP contribution in [0.5, 0.6) is 0 Å². The van der Waals surface area contributed by atoms with E-state index in [1.165, 1.54) is 11.1 Å². The molecule has 0 N–H and O–H groups in total. The van der Waals surface area contributed by atoms with Crippen molar-refractivity contribution in [1.82, 2.24) is 0 Å². The molecule has 1 aliphatic rings. The quantitative estimate of drug-likeness (QED) is 0.353. The second-order valence-electron chi connectivity index (χ2n) is 4.90. The molecule has 0 bridgehead atoms. The van der Waals surface area contributed by atoms with Gasteiger partial charge in [0.15, 0.2) is 0 Å². The van der Waals surface area contributed by atoms with Crippen LogP contribution in [0.25, 0.3) is 0 Å². The Balaban J connectivity index is 1.98. The summed E-state index contributed by atoms with van der Waals surface area (Å²) in [6.07, 6.45) is 4.34. The Bertz CT molecular complexity index is 707. The summed E-state index contributed by atoms with van der Waals surface area (Å²) in [4.78, 5) is 0. The van der Waals surface area contributed by atoms with Gasteiger partial charge in [0.25, 0.3) is 0 Å². The summed E-state index contributed by atoms with van der Waals surface area (Å²) in [5, 5.41) is 0. The first kappa shape index (κ1) is 12.1. The van der Waals surface area contributed by atoms with Crippen LogP contribution >= 0.6 is 0 Å². The molecule has 0 aliphatic carbocycles. The monoisotopic (exact) mass is 374 g/mol. The molecule has 1 aromatic heterocycles. The molecule has 0 saturated carbocycles. The Labute approximate surface area is 129 Å². The zero-order chi connectivity index (χ0) is 13.4. The van der Waals surface area contributed by atoms with E-state index in [0.29, 0.717) is 6.04 Å². The fourth-order valence-electron chi connectivity index (χ4n) is 2.79. The second kappa shape index (κ2) is 5.05. The van der Waals surface area contributed by atoms with E-state index in [1.54, 1.807) is 7.22 Å². The molecule has 2 heteroatoms. The summed E-state index contributed by atoms with van der Waals surface area (Å²) in [6.45, 7) is 0. The van der Waals surface area contributed by atoms with E-state index in [1.807, 2.05) is 0 Å². The van der Waals surface area contributed by atoms with Gasteiger partial charge in [-0.05, 0) is 0 Å². The van der Waals surface area contributed by atoms with Crippen LogP contribution in [0.3, 0.4) is 0 Å². The van der Waals surface area contributed by atoms with Gasteiger partial charge in [-0.3, -0.25) is 0 Å². The molecule has 0 amide bonds. The van der Waals surface area contributed by atoms with E-state index in [9.17, 15) is 0 Å². The normalized spacial score (nSPS) is 13.6. The van der Waals surface area contributed by atoms with Gasteiger partial charge in [0.1, 0.15) is 0 Å². The first-order chi connectivity index (χ1) is 9.93. The van der Waals surface area contributed by atoms with Gasteiger partial charge in [-0.2, -0.15) is 0 Å². The van der Waals surface area contributed by atoms with Crippen molar-refractivity contribution < 1.29 is 4.57 Å². The Hall–Kier alpha value is -1.62. The minimum atomic E-state index is -0.256. The van der Waals surface area contributed by atoms with Crippen molar-refractivity contribution in [1.29, 1.82) is 0 Å². The van der Waals surface area contributed by atoms with Crippen molar-refractivity contribution in [3.8, 4) is 0 Å². The molecular formula is C18H14NTe+. The average Bonchev–Trinajstić information content (AvgIpc) is 2.53. The first-order valence-corrected chi connectivity index (χ1v) is 9.08.